The van der Waals surface area contributed by atoms with Gasteiger partial charge in [0, 0.05) is 17.8 Å². The minimum atomic E-state index is -4.52. The van der Waals surface area contributed by atoms with Crippen LogP contribution in [-0.2, 0) is 12.7 Å². The molecule has 1 aliphatic carbocycles. The maximum absolute atomic E-state index is 13.1. The Balaban J connectivity index is 1.73. The van der Waals surface area contributed by atoms with Crippen LogP contribution in [0.15, 0.2) is 57.9 Å². The Morgan fingerprint density at radius 1 is 1.23 bits per heavy atom. The Morgan fingerprint density at radius 2 is 2.00 bits per heavy atom. The number of carbonyl (C=O) groups is 1. The summed E-state index contributed by atoms with van der Waals surface area (Å²) in [7, 11) is 0. The van der Waals surface area contributed by atoms with E-state index in [1.165, 1.54) is 34.0 Å². The fourth-order valence-corrected chi connectivity index (χ4v) is 3.23. The second-order valence-electron chi connectivity index (χ2n) is 7.20. The highest BCUT2D eigenvalue weighted by atomic mass is 19.4. The molecule has 1 aromatic carbocycles. The minimum absolute atomic E-state index is 0.0212. The number of nitrogens with zero attached hydrogens (tertiary/aromatic N) is 3. The van der Waals surface area contributed by atoms with Crippen LogP contribution in [0.25, 0.3) is 5.69 Å². The third-order valence-corrected chi connectivity index (χ3v) is 4.88. The molecule has 0 saturated heterocycles. The highest BCUT2D eigenvalue weighted by molar-refractivity contribution is 5.92. The number of furan rings is 1. The molecule has 0 N–H and O–H groups in total. The van der Waals surface area contributed by atoms with Crippen LogP contribution in [-0.4, -0.2) is 26.6 Å². The van der Waals surface area contributed by atoms with E-state index in [2.05, 4.69) is 5.10 Å². The van der Waals surface area contributed by atoms with E-state index in [4.69, 9.17) is 4.42 Å². The van der Waals surface area contributed by atoms with Crippen LogP contribution in [0.4, 0.5) is 13.2 Å². The number of rotatable bonds is 5. The van der Waals surface area contributed by atoms with Gasteiger partial charge in [-0.25, -0.2) is 4.68 Å². The van der Waals surface area contributed by atoms with E-state index in [0.717, 1.165) is 25.0 Å². The summed E-state index contributed by atoms with van der Waals surface area (Å²) in [6, 6.07) is 9.19. The highest BCUT2D eigenvalue weighted by Gasteiger charge is 2.35. The summed E-state index contributed by atoms with van der Waals surface area (Å²) in [5.41, 5.74) is -1.33. The fourth-order valence-electron chi connectivity index (χ4n) is 3.23. The van der Waals surface area contributed by atoms with Gasteiger partial charge in [0.05, 0.1) is 24.1 Å². The summed E-state index contributed by atoms with van der Waals surface area (Å²) >= 11 is 0. The summed E-state index contributed by atoms with van der Waals surface area (Å²) in [5.74, 6) is 0.000177. The van der Waals surface area contributed by atoms with E-state index in [-0.39, 0.29) is 24.0 Å². The lowest BCUT2D eigenvalue weighted by Gasteiger charge is -2.21. The largest absolute Gasteiger partial charge is 0.467 e. The maximum atomic E-state index is 13.1. The van der Waals surface area contributed by atoms with Crippen LogP contribution < -0.4 is 5.43 Å². The first-order valence-electron chi connectivity index (χ1n) is 9.36. The van der Waals surface area contributed by atoms with Gasteiger partial charge in [-0.15, -0.1) is 0 Å². The number of hydrogen-bond acceptors (Lipinski definition) is 4. The number of aryl methyl sites for hydroxylation is 1. The molecule has 0 atom stereocenters. The molecule has 2 heterocycles. The van der Waals surface area contributed by atoms with Crippen LogP contribution in [0.5, 0.6) is 0 Å². The zero-order valence-electron chi connectivity index (χ0n) is 16.0. The van der Waals surface area contributed by atoms with Gasteiger partial charge < -0.3 is 9.32 Å². The first-order valence-corrected chi connectivity index (χ1v) is 9.36. The quantitative estimate of drug-likeness (QED) is 0.630. The third kappa shape index (κ3) is 4.00. The molecule has 30 heavy (non-hydrogen) atoms. The Bertz CT molecular complexity index is 1130. The van der Waals surface area contributed by atoms with Crippen LogP contribution in [0.2, 0.25) is 0 Å². The Hall–Kier alpha value is -3.36. The van der Waals surface area contributed by atoms with E-state index in [0.29, 0.717) is 11.5 Å². The van der Waals surface area contributed by atoms with Crippen molar-refractivity contribution in [1.82, 2.24) is 14.7 Å². The molecule has 156 valence electrons. The second kappa shape index (κ2) is 7.47. The van der Waals surface area contributed by atoms with E-state index in [1.54, 1.807) is 19.1 Å². The second-order valence-corrected chi connectivity index (χ2v) is 7.20. The number of alkyl halides is 3. The SMILES string of the molecule is Cc1cc(=O)c(C(=O)N(Cc2ccco2)C2CC2)nn1-c1cccc(C(F)(F)F)c1. The van der Waals surface area contributed by atoms with E-state index in [1.807, 2.05) is 0 Å². The lowest BCUT2D eigenvalue weighted by atomic mass is 10.2. The van der Waals surface area contributed by atoms with Crippen molar-refractivity contribution in [1.29, 1.82) is 0 Å². The number of benzene rings is 1. The number of carbonyl (C=O) groups excluding carboxylic acids is 1. The summed E-state index contributed by atoms with van der Waals surface area (Å²) in [6.07, 6.45) is -1.41. The average Bonchev–Trinajstić information content (AvgIpc) is 3.40. The number of amides is 1. The van der Waals surface area contributed by atoms with Gasteiger partial charge >= 0.3 is 6.18 Å². The molecule has 9 heteroatoms. The van der Waals surface area contributed by atoms with Crippen molar-refractivity contribution in [2.24, 2.45) is 0 Å². The van der Waals surface area contributed by atoms with Crippen molar-refractivity contribution in [3.05, 3.63) is 81.7 Å². The number of halogens is 3. The number of hydrogen-bond donors (Lipinski definition) is 0. The van der Waals surface area contributed by atoms with Gasteiger partial charge in [-0.1, -0.05) is 6.07 Å². The molecule has 4 rings (SSSR count). The summed E-state index contributed by atoms with van der Waals surface area (Å²) in [4.78, 5) is 27.2. The predicted molar refractivity (Wildman–Crippen MR) is 101 cm³/mol. The van der Waals surface area contributed by atoms with Crippen LogP contribution in [0.1, 0.15) is 40.3 Å². The number of aromatic nitrogens is 2. The van der Waals surface area contributed by atoms with E-state index >= 15 is 0 Å². The van der Waals surface area contributed by atoms with Crippen molar-refractivity contribution < 1.29 is 22.4 Å². The van der Waals surface area contributed by atoms with Gasteiger partial charge in [0.25, 0.3) is 5.91 Å². The molecule has 0 unspecified atom stereocenters. The monoisotopic (exact) mass is 417 g/mol. The summed E-state index contributed by atoms with van der Waals surface area (Å²) in [6.45, 7) is 1.74. The average molecular weight is 417 g/mol. The third-order valence-electron chi connectivity index (χ3n) is 4.88. The van der Waals surface area contributed by atoms with Gasteiger partial charge in [0.2, 0.25) is 5.43 Å². The predicted octanol–water partition coefficient (Wildman–Crippen LogP) is 3.96. The van der Waals surface area contributed by atoms with Crippen molar-refractivity contribution in [2.75, 3.05) is 0 Å². The zero-order chi connectivity index (χ0) is 21.5. The molecule has 1 fully saturated rings. The van der Waals surface area contributed by atoms with Gasteiger partial charge in [-0.3, -0.25) is 9.59 Å². The van der Waals surface area contributed by atoms with Crippen molar-refractivity contribution in [3.63, 3.8) is 0 Å². The van der Waals surface area contributed by atoms with Gasteiger partial charge in [0.1, 0.15) is 5.76 Å². The molecule has 0 spiro atoms. The normalized spacial score (nSPS) is 14.0. The molecule has 3 aromatic rings. The van der Waals surface area contributed by atoms with Crippen LogP contribution in [0, 0.1) is 6.92 Å². The standard InChI is InChI=1S/C21H18F3N3O3/c1-13-10-18(28)19(20(29)26(15-7-8-15)12-17-6-3-9-30-17)25-27(13)16-5-2-4-14(11-16)21(22,23)24/h2-6,9-11,15H,7-8,12H2,1H3. The lowest BCUT2D eigenvalue weighted by molar-refractivity contribution is -0.137. The van der Waals surface area contributed by atoms with Crippen molar-refractivity contribution in [2.45, 2.75) is 38.5 Å². The smallest absolute Gasteiger partial charge is 0.416 e. The topological polar surface area (TPSA) is 68.3 Å². The van der Waals surface area contributed by atoms with Crippen molar-refractivity contribution in [3.8, 4) is 5.69 Å². The first kappa shape index (κ1) is 19.9. The zero-order valence-corrected chi connectivity index (χ0v) is 16.0. The molecule has 0 radical (unpaired) electrons. The Labute approximate surface area is 169 Å². The van der Waals surface area contributed by atoms with Gasteiger partial charge in [-0.05, 0) is 50.1 Å². The molecule has 0 aliphatic heterocycles. The van der Waals surface area contributed by atoms with E-state index in [9.17, 15) is 22.8 Å². The summed E-state index contributed by atoms with van der Waals surface area (Å²) in [5, 5.41) is 4.14. The van der Waals surface area contributed by atoms with Crippen molar-refractivity contribution >= 4 is 5.91 Å². The summed E-state index contributed by atoms with van der Waals surface area (Å²) < 4.78 is 45.8. The molecule has 1 saturated carbocycles. The Morgan fingerprint density at radius 3 is 2.63 bits per heavy atom. The first-order chi connectivity index (χ1) is 14.2. The van der Waals surface area contributed by atoms with Crippen LogP contribution >= 0.6 is 0 Å². The molecule has 0 bridgehead atoms. The lowest BCUT2D eigenvalue weighted by Crippen LogP contribution is -2.37. The molecular weight excluding hydrogens is 399 g/mol. The van der Waals surface area contributed by atoms with Crippen LogP contribution in [0.3, 0.4) is 0 Å². The molecule has 6 nitrogen and oxygen atoms in total. The maximum Gasteiger partial charge on any atom is 0.416 e. The van der Waals surface area contributed by atoms with E-state index < -0.39 is 23.1 Å². The Kier molecular flexibility index (Phi) is 4.97. The fraction of sp³-hybridized carbons (Fsp3) is 0.286. The highest BCUT2D eigenvalue weighted by Crippen LogP contribution is 2.31. The van der Waals surface area contributed by atoms with Gasteiger partial charge in [0.15, 0.2) is 5.69 Å². The van der Waals surface area contributed by atoms with Gasteiger partial charge in [-0.2, -0.15) is 18.3 Å². The minimum Gasteiger partial charge on any atom is -0.467 e. The molecular formula is C21H18F3N3O3. The molecule has 1 aliphatic rings. The molecule has 1 amide bonds. The molecule has 2 aromatic heterocycles.